The quantitative estimate of drug-likeness (QED) is 0.374. The standard InChI is InChI=1S/C14H19BrN2OS/c1-9-4-2-5-10(8-9)19-12-7-3-6-11(15)13(12)14(16)17-18/h3,6-7,9-10,18H,2,4-5,8H2,1H3,(H2,16,17). The Balaban J connectivity index is 2.22. The molecular formula is C14H19BrN2OS. The summed E-state index contributed by atoms with van der Waals surface area (Å²) in [5.74, 6) is 0.963. The maximum atomic E-state index is 8.92. The maximum absolute atomic E-state index is 8.92. The summed E-state index contributed by atoms with van der Waals surface area (Å²) >= 11 is 5.33. The molecule has 2 unspecified atom stereocenters. The molecule has 1 aliphatic carbocycles. The molecule has 5 heteroatoms. The van der Waals surface area contributed by atoms with Gasteiger partial charge in [0.2, 0.25) is 0 Å². The van der Waals surface area contributed by atoms with E-state index in [-0.39, 0.29) is 5.84 Å². The molecule has 1 aromatic rings. The van der Waals surface area contributed by atoms with Gasteiger partial charge in [-0.15, -0.1) is 11.8 Å². The van der Waals surface area contributed by atoms with E-state index in [1.807, 2.05) is 30.0 Å². The van der Waals surface area contributed by atoms with E-state index in [1.54, 1.807) is 0 Å². The Hall–Kier alpha value is -0.680. The summed E-state index contributed by atoms with van der Waals surface area (Å²) in [6, 6.07) is 5.95. The van der Waals surface area contributed by atoms with E-state index in [2.05, 4.69) is 28.0 Å². The molecule has 0 aromatic heterocycles. The number of nitrogens with zero attached hydrogens (tertiary/aromatic N) is 1. The highest BCUT2D eigenvalue weighted by Crippen LogP contribution is 2.38. The van der Waals surface area contributed by atoms with Crippen molar-refractivity contribution in [3.63, 3.8) is 0 Å². The van der Waals surface area contributed by atoms with E-state index in [1.165, 1.54) is 25.7 Å². The van der Waals surface area contributed by atoms with Crippen molar-refractivity contribution in [1.29, 1.82) is 0 Å². The van der Waals surface area contributed by atoms with Crippen LogP contribution in [-0.2, 0) is 0 Å². The number of hydrogen-bond donors (Lipinski definition) is 2. The van der Waals surface area contributed by atoms with Crippen LogP contribution in [0.15, 0.2) is 32.7 Å². The molecule has 3 N–H and O–H groups in total. The van der Waals surface area contributed by atoms with Crippen LogP contribution in [-0.4, -0.2) is 16.3 Å². The van der Waals surface area contributed by atoms with Crippen molar-refractivity contribution in [2.24, 2.45) is 16.8 Å². The molecule has 1 aliphatic rings. The van der Waals surface area contributed by atoms with Gasteiger partial charge in [-0.3, -0.25) is 0 Å². The van der Waals surface area contributed by atoms with E-state index in [9.17, 15) is 0 Å². The molecule has 3 nitrogen and oxygen atoms in total. The van der Waals surface area contributed by atoms with Crippen molar-refractivity contribution in [1.82, 2.24) is 0 Å². The molecule has 0 spiro atoms. The molecule has 2 rings (SSSR count). The van der Waals surface area contributed by atoms with Crippen LogP contribution >= 0.6 is 27.7 Å². The second kappa shape index (κ2) is 6.66. The lowest BCUT2D eigenvalue weighted by Gasteiger charge is -2.26. The third-order valence-corrected chi connectivity index (χ3v) is 5.54. The van der Waals surface area contributed by atoms with Crippen LogP contribution in [0.4, 0.5) is 0 Å². The first kappa shape index (κ1) is 14.7. The van der Waals surface area contributed by atoms with Crippen molar-refractivity contribution in [3.8, 4) is 0 Å². The van der Waals surface area contributed by atoms with Crippen molar-refractivity contribution in [2.75, 3.05) is 0 Å². The Morgan fingerprint density at radius 3 is 2.95 bits per heavy atom. The van der Waals surface area contributed by atoms with E-state index in [0.717, 1.165) is 20.8 Å². The highest BCUT2D eigenvalue weighted by Gasteiger charge is 2.22. The molecule has 1 fully saturated rings. The number of oxime groups is 1. The summed E-state index contributed by atoms with van der Waals surface area (Å²) in [4.78, 5) is 1.09. The van der Waals surface area contributed by atoms with Gasteiger partial charge in [-0.2, -0.15) is 0 Å². The van der Waals surface area contributed by atoms with Gasteiger partial charge in [0.05, 0.1) is 0 Å². The molecule has 0 aliphatic heterocycles. The first-order valence-electron chi connectivity index (χ1n) is 6.55. The smallest absolute Gasteiger partial charge is 0.172 e. The second-order valence-corrected chi connectivity index (χ2v) is 7.31. The van der Waals surface area contributed by atoms with Gasteiger partial charge in [0.1, 0.15) is 0 Å². The molecule has 0 saturated heterocycles. The zero-order valence-electron chi connectivity index (χ0n) is 11.0. The van der Waals surface area contributed by atoms with E-state index in [4.69, 9.17) is 10.9 Å². The van der Waals surface area contributed by atoms with Gasteiger partial charge < -0.3 is 10.9 Å². The summed E-state index contributed by atoms with van der Waals surface area (Å²) in [6.07, 6.45) is 5.12. The number of thioether (sulfide) groups is 1. The molecule has 1 saturated carbocycles. The van der Waals surface area contributed by atoms with Crippen LogP contribution < -0.4 is 5.73 Å². The SMILES string of the molecule is CC1CCCC(Sc2cccc(Br)c2/C(N)=N/O)C1. The summed E-state index contributed by atoms with van der Waals surface area (Å²) in [6.45, 7) is 2.32. The fourth-order valence-corrected chi connectivity index (χ4v) is 4.82. The van der Waals surface area contributed by atoms with Crippen molar-refractivity contribution in [2.45, 2.75) is 42.8 Å². The topological polar surface area (TPSA) is 58.6 Å². The van der Waals surface area contributed by atoms with Crippen LogP contribution in [0, 0.1) is 5.92 Å². The summed E-state index contributed by atoms with van der Waals surface area (Å²) < 4.78 is 0.872. The number of hydrogen-bond acceptors (Lipinski definition) is 3. The average Bonchev–Trinajstić information content (AvgIpc) is 2.38. The van der Waals surface area contributed by atoms with Gasteiger partial charge in [-0.05, 0) is 46.8 Å². The van der Waals surface area contributed by atoms with Gasteiger partial charge in [-0.25, -0.2) is 0 Å². The molecule has 0 heterocycles. The van der Waals surface area contributed by atoms with E-state index < -0.39 is 0 Å². The molecule has 19 heavy (non-hydrogen) atoms. The number of rotatable bonds is 3. The van der Waals surface area contributed by atoms with Gasteiger partial charge in [-0.1, -0.05) is 31.0 Å². The Morgan fingerprint density at radius 2 is 2.26 bits per heavy atom. The summed E-state index contributed by atoms with van der Waals surface area (Å²) in [7, 11) is 0. The predicted octanol–water partition coefficient (Wildman–Crippen LogP) is 4.21. The third kappa shape index (κ3) is 3.66. The van der Waals surface area contributed by atoms with Gasteiger partial charge in [0, 0.05) is 20.2 Å². The Kier molecular flexibility index (Phi) is 5.16. The molecule has 0 radical (unpaired) electrons. The monoisotopic (exact) mass is 342 g/mol. The molecule has 0 amide bonds. The predicted molar refractivity (Wildman–Crippen MR) is 83.9 cm³/mol. The number of nitrogens with two attached hydrogens (primary N) is 1. The van der Waals surface area contributed by atoms with Gasteiger partial charge in [0.15, 0.2) is 5.84 Å². The second-order valence-electron chi connectivity index (χ2n) is 5.11. The van der Waals surface area contributed by atoms with Crippen LogP contribution in [0.1, 0.15) is 38.2 Å². The number of halogens is 1. The van der Waals surface area contributed by atoms with Crippen LogP contribution in [0.2, 0.25) is 0 Å². The lowest BCUT2D eigenvalue weighted by molar-refractivity contribution is 0.318. The van der Waals surface area contributed by atoms with Crippen LogP contribution in [0.3, 0.4) is 0 Å². The molecular weight excluding hydrogens is 324 g/mol. The third-order valence-electron chi connectivity index (χ3n) is 3.52. The Morgan fingerprint density at radius 1 is 1.47 bits per heavy atom. The fourth-order valence-electron chi connectivity index (χ4n) is 2.57. The molecule has 0 bridgehead atoms. The van der Waals surface area contributed by atoms with Crippen molar-refractivity contribution >= 4 is 33.5 Å². The highest BCUT2D eigenvalue weighted by molar-refractivity contribution is 9.10. The largest absolute Gasteiger partial charge is 0.409 e. The number of amidine groups is 1. The minimum absolute atomic E-state index is 0.166. The Labute approximate surface area is 126 Å². The number of benzene rings is 1. The normalized spacial score (nSPS) is 24.4. The first-order valence-corrected chi connectivity index (χ1v) is 8.22. The zero-order valence-corrected chi connectivity index (χ0v) is 13.4. The van der Waals surface area contributed by atoms with Crippen molar-refractivity contribution < 1.29 is 5.21 Å². The Bertz CT molecular complexity index is 479. The minimum Gasteiger partial charge on any atom is -0.409 e. The first-order chi connectivity index (χ1) is 9.11. The summed E-state index contributed by atoms with van der Waals surface area (Å²) in [5, 5.41) is 12.7. The van der Waals surface area contributed by atoms with E-state index >= 15 is 0 Å². The lowest BCUT2D eigenvalue weighted by atomic mass is 9.91. The lowest BCUT2D eigenvalue weighted by Crippen LogP contribution is -2.18. The molecule has 2 atom stereocenters. The van der Waals surface area contributed by atoms with Gasteiger partial charge >= 0.3 is 0 Å². The minimum atomic E-state index is 0.166. The van der Waals surface area contributed by atoms with Crippen molar-refractivity contribution in [3.05, 3.63) is 28.2 Å². The molecule has 1 aromatic carbocycles. The van der Waals surface area contributed by atoms with Crippen LogP contribution in [0.25, 0.3) is 0 Å². The highest BCUT2D eigenvalue weighted by atomic mass is 79.9. The average molecular weight is 343 g/mol. The molecule has 104 valence electrons. The van der Waals surface area contributed by atoms with Crippen LogP contribution in [0.5, 0.6) is 0 Å². The van der Waals surface area contributed by atoms with Gasteiger partial charge in [0.25, 0.3) is 0 Å². The fraction of sp³-hybridized carbons (Fsp3) is 0.500. The summed E-state index contributed by atoms with van der Waals surface area (Å²) in [5.41, 5.74) is 6.58. The zero-order chi connectivity index (χ0) is 13.8. The van der Waals surface area contributed by atoms with E-state index in [0.29, 0.717) is 5.25 Å². The maximum Gasteiger partial charge on any atom is 0.172 e.